The summed E-state index contributed by atoms with van der Waals surface area (Å²) in [6.07, 6.45) is 0. The zero-order chi connectivity index (χ0) is 14.7. The van der Waals surface area contributed by atoms with Gasteiger partial charge in [-0.2, -0.15) is 0 Å². The fourth-order valence-electron chi connectivity index (χ4n) is 1.34. The molecule has 1 rings (SSSR count). The second-order valence-electron chi connectivity index (χ2n) is 5.23. The van der Waals surface area contributed by atoms with E-state index in [4.69, 9.17) is 15.4 Å². The third-order valence-electron chi connectivity index (χ3n) is 2.13. The normalized spacial score (nSPS) is 11.6. The van der Waals surface area contributed by atoms with Gasteiger partial charge in [0.25, 0.3) is 9.05 Å². The lowest BCUT2D eigenvalue weighted by atomic mass is 9.98. The highest BCUT2D eigenvalue weighted by Crippen LogP contribution is 2.27. The standard InChI is InChI=1S/C14H17ClO3S/c1-11-6-7-12(13(10-11)19(15,16)17)18-9-5-8-14(2,3)4/h6-7,10H,9H2,1-4H3. The van der Waals surface area contributed by atoms with E-state index in [0.29, 0.717) is 0 Å². The Balaban J connectivity index is 2.93. The first-order valence-electron chi connectivity index (χ1n) is 5.78. The van der Waals surface area contributed by atoms with Crippen LogP contribution in [0.15, 0.2) is 23.1 Å². The van der Waals surface area contributed by atoms with Gasteiger partial charge in [-0.05, 0) is 45.4 Å². The second-order valence-corrected chi connectivity index (χ2v) is 7.76. The van der Waals surface area contributed by atoms with Gasteiger partial charge in [0.05, 0.1) is 0 Å². The molecule has 0 aliphatic rings. The molecule has 0 aromatic heterocycles. The van der Waals surface area contributed by atoms with Crippen LogP contribution < -0.4 is 4.74 Å². The monoisotopic (exact) mass is 300 g/mol. The fourth-order valence-corrected chi connectivity index (χ4v) is 2.40. The first-order chi connectivity index (χ1) is 8.59. The number of benzene rings is 1. The van der Waals surface area contributed by atoms with Crippen molar-refractivity contribution in [3.8, 4) is 17.6 Å². The van der Waals surface area contributed by atoms with Crippen molar-refractivity contribution in [1.29, 1.82) is 0 Å². The van der Waals surface area contributed by atoms with E-state index in [1.807, 2.05) is 20.8 Å². The van der Waals surface area contributed by atoms with E-state index >= 15 is 0 Å². The van der Waals surface area contributed by atoms with Crippen LogP contribution in [0.3, 0.4) is 0 Å². The van der Waals surface area contributed by atoms with Gasteiger partial charge in [-0.15, -0.1) is 0 Å². The Morgan fingerprint density at radius 3 is 2.47 bits per heavy atom. The molecule has 19 heavy (non-hydrogen) atoms. The van der Waals surface area contributed by atoms with E-state index < -0.39 is 9.05 Å². The van der Waals surface area contributed by atoms with E-state index in [1.54, 1.807) is 19.1 Å². The lowest BCUT2D eigenvalue weighted by Crippen LogP contribution is -2.03. The van der Waals surface area contributed by atoms with Gasteiger partial charge in [-0.3, -0.25) is 0 Å². The van der Waals surface area contributed by atoms with Crippen LogP contribution in [0.25, 0.3) is 0 Å². The average molecular weight is 301 g/mol. The van der Waals surface area contributed by atoms with E-state index in [1.165, 1.54) is 6.07 Å². The van der Waals surface area contributed by atoms with Gasteiger partial charge in [0, 0.05) is 16.1 Å². The van der Waals surface area contributed by atoms with E-state index in [9.17, 15) is 8.42 Å². The molecule has 0 aliphatic carbocycles. The van der Waals surface area contributed by atoms with Gasteiger partial charge in [0.1, 0.15) is 17.3 Å². The molecule has 5 heteroatoms. The molecule has 0 spiro atoms. The van der Waals surface area contributed by atoms with Crippen molar-refractivity contribution in [2.75, 3.05) is 6.61 Å². The highest BCUT2D eigenvalue weighted by Gasteiger charge is 2.16. The molecule has 1 aromatic rings. The number of rotatable bonds is 3. The van der Waals surface area contributed by atoms with Crippen LogP contribution >= 0.6 is 10.7 Å². The summed E-state index contributed by atoms with van der Waals surface area (Å²) in [6, 6.07) is 4.83. The zero-order valence-corrected chi connectivity index (χ0v) is 13.0. The molecule has 0 heterocycles. The molecule has 0 saturated heterocycles. The Morgan fingerprint density at radius 2 is 1.95 bits per heavy atom. The molecule has 1 aromatic carbocycles. The van der Waals surface area contributed by atoms with Crippen molar-refractivity contribution in [1.82, 2.24) is 0 Å². The van der Waals surface area contributed by atoms with Gasteiger partial charge in [-0.1, -0.05) is 17.9 Å². The maximum absolute atomic E-state index is 11.4. The quantitative estimate of drug-likeness (QED) is 0.635. The molecule has 0 radical (unpaired) electrons. The molecular formula is C14H17ClO3S. The molecule has 0 atom stereocenters. The predicted octanol–water partition coefficient (Wildman–Crippen LogP) is 3.35. The largest absolute Gasteiger partial charge is 0.480 e. The Morgan fingerprint density at radius 1 is 1.32 bits per heavy atom. The van der Waals surface area contributed by atoms with Crippen LogP contribution in [-0.4, -0.2) is 15.0 Å². The van der Waals surface area contributed by atoms with Crippen molar-refractivity contribution in [3.05, 3.63) is 23.8 Å². The van der Waals surface area contributed by atoms with Gasteiger partial charge >= 0.3 is 0 Å². The number of hydrogen-bond acceptors (Lipinski definition) is 3. The minimum absolute atomic E-state index is 0.0216. The first kappa shape index (κ1) is 15.9. The topological polar surface area (TPSA) is 43.4 Å². The maximum Gasteiger partial charge on any atom is 0.264 e. The molecular weight excluding hydrogens is 284 g/mol. The molecule has 0 N–H and O–H groups in total. The van der Waals surface area contributed by atoms with Crippen molar-refractivity contribution in [2.45, 2.75) is 32.6 Å². The smallest absolute Gasteiger partial charge is 0.264 e. The van der Waals surface area contributed by atoms with Crippen LogP contribution in [-0.2, 0) is 9.05 Å². The summed E-state index contributed by atoms with van der Waals surface area (Å²) in [5.74, 6) is 6.09. The zero-order valence-electron chi connectivity index (χ0n) is 11.5. The number of ether oxygens (including phenoxy) is 1. The maximum atomic E-state index is 11.4. The van der Waals surface area contributed by atoms with Crippen molar-refractivity contribution in [3.63, 3.8) is 0 Å². The third-order valence-corrected chi connectivity index (χ3v) is 3.47. The molecule has 0 aliphatic heterocycles. The van der Waals surface area contributed by atoms with Crippen LogP contribution in [0.4, 0.5) is 0 Å². The Hall–Kier alpha value is -1.18. The summed E-state index contributed by atoms with van der Waals surface area (Å²) in [7, 11) is 1.55. The van der Waals surface area contributed by atoms with E-state index in [0.717, 1.165) is 5.56 Å². The summed E-state index contributed by atoms with van der Waals surface area (Å²) in [5, 5.41) is 0. The first-order valence-corrected chi connectivity index (χ1v) is 8.09. The molecule has 0 bridgehead atoms. The summed E-state index contributed by atoms with van der Waals surface area (Å²) < 4.78 is 28.3. The molecule has 0 fully saturated rings. The minimum Gasteiger partial charge on any atom is -0.480 e. The van der Waals surface area contributed by atoms with E-state index in [-0.39, 0.29) is 22.7 Å². The van der Waals surface area contributed by atoms with Crippen molar-refractivity contribution < 1.29 is 13.2 Å². The van der Waals surface area contributed by atoms with Gasteiger partial charge in [-0.25, -0.2) is 8.42 Å². The summed E-state index contributed by atoms with van der Waals surface area (Å²) in [4.78, 5) is -0.0216. The van der Waals surface area contributed by atoms with Crippen LogP contribution in [0.2, 0.25) is 0 Å². The molecule has 0 amide bonds. The highest BCUT2D eigenvalue weighted by molar-refractivity contribution is 8.13. The average Bonchev–Trinajstić information content (AvgIpc) is 2.23. The fraction of sp³-hybridized carbons (Fsp3) is 0.429. The molecule has 3 nitrogen and oxygen atoms in total. The van der Waals surface area contributed by atoms with Gasteiger partial charge in [0.15, 0.2) is 0 Å². The minimum atomic E-state index is -3.82. The van der Waals surface area contributed by atoms with Crippen molar-refractivity contribution >= 4 is 19.7 Å². The number of hydrogen-bond donors (Lipinski definition) is 0. The van der Waals surface area contributed by atoms with E-state index in [2.05, 4.69) is 11.8 Å². The van der Waals surface area contributed by atoms with Gasteiger partial charge in [0.2, 0.25) is 0 Å². The van der Waals surface area contributed by atoms with Gasteiger partial charge < -0.3 is 4.74 Å². The number of aryl methyl sites for hydroxylation is 1. The summed E-state index contributed by atoms with van der Waals surface area (Å²) in [6.45, 7) is 7.87. The van der Waals surface area contributed by atoms with Crippen molar-refractivity contribution in [2.24, 2.45) is 5.41 Å². The third kappa shape index (κ3) is 5.54. The van der Waals surface area contributed by atoms with Crippen LogP contribution in [0.5, 0.6) is 5.75 Å². The lowest BCUT2D eigenvalue weighted by molar-refractivity contribution is 0.359. The SMILES string of the molecule is Cc1ccc(OCC#CC(C)(C)C)c(S(=O)(=O)Cl)c1. The second kappa shape index (κ2) is 5.85. The Kier molecular flexibility index (Phi) is 4.89. The predicted molar refractivity (Wildman–Crippen MR) is 76.9 cm³/mol. The van der Waals surface area contributed by atoms with Crippen LogP contribution in [0, 0.1) is 24.2 Å². The molecule has 104 valence electrons. The Bertz CT molecular complexity index is 616. The van der Waals surface area contributed by atoms with Crippen LogP contribution in [0.1, 0.15) is 26.3 Å². The molecule has 0 saturated carbocycles. The molecule has 0 unspecified atom stereocenters. The summed E-state index contributed by atoms with van der Waals surface area (Å²) >= 11 is 0. The lowest BCUT2D eigenvalue weighted by Gasteiger charge is -2.09. The summed E-state index contributed by atoms with van der Waals surface area (Å²) in [5.41, 5.74) is 0.685. The number of halogens is 1. The Labute approximate surface area is 119 Å². The highest BCUT2D eigenvalue weighted by atomic mass is 35.7.